The summed E-state index contributed by atoms with van der Waals surface area (Å²) in [4.78, 5) is 8.71. The topological polar surface area (TPSA) is 63.8 Å². The van der Waals surface area contributed by atoms with Crippen molar-refractivity contribution in [1.29, 1.82) is 0 Å². The van der Waals surface area contributed by atoms with Gasteiger partial charge in [0.05, 0.1) is 12.1 Å². The molecule has 0 unspecified atom stereocenters. The maximum Gasteiger partial charge on any atom is 0.136 e. The Morgan fingerprint density at radius 1 is 1.44 bits per heavy atom. The summed E-state index contributed by atoms with van der Waals surface area (Å²) in [6, 6.07) is 3.66. The van der Waals surface area contributed by atoms with Gasteiger partial charge in [-0.2, -0.15) is 0 Å². The fourth-order valence-corrected chi connectivity index (χ4v) is 1.97. The molecule has 16 heavy (non-hydrogen) atoms. The van der Waals surface area contributed by atoms with Crippen LogP contribution in [0.5, 0.6) is 0 Å². The van der Waals surface area contributed by atoms with Crippen LogP contribution >= 0.6 is 23.6 Å². The van der Waals surface area contributed by atoms with Gasteiger partial charge in [0.2, 0.25) is 0 Å². The van der Waals surface area contributed by atoms with Gasteiger partial charge in [0.25, 0.3) is 0 Å². The third kappa shape index (κ3) is 2.53. The van der Waals surface area contributed by atoms with Crippen molar-refractivity contribution in [2.45, 2.75) is 6.54 Å². The molecule has 0 saturated heterocycles. The molecule has 0 aliphatic heterocycles. The van der Waals surface area contributed by atoms with Gasteiger partial charge in [-0.3, -0.25) is 0 Å². The van der Waals surface area contributed by atoms with Crippen LogP contribution in [0.3, 0.4) is 0 Å². The van der Waals surface area contributed by atoms with Crippen LogP contribution in [0.2, 0.25) is 0 Å². The number of thiocarbonyl (C=S) groups is 1. The predicted molar refractivity (Wildman–Crippen MR) is 69.6 cm³/mol. The molecule has 0 radical (unpaired) electrons. The highest BCUT2D eigenvalue weighted by atomic mass is 32.1. The molecule has 0 aliphatic carbocycles. The lowest BCUT2D eigenvalue weighted by Crippen LogP contribution is -2.14. The highest BCUT2D eigenvalue weighted by molar-refractivity contribution is 7.80. The third-order valence-electron chi connectivity index (χ3n) is 1.96. The minimum atomic E-state index is 0.342. The molecule has 6 heteroatoms. The molecule has 0 bridgehead atoms. The Labute approximate surface area is 103 Å². The van der Waals surface area contributed by atoms with Crippen molar-refractivity contribution in [1.82, 2.24) is 9.97 Å². The lowest BCUT2D eigenvalue weighted by Gasteiger charge is -2.07. The van der Waals surface area contributed by atoms with E-state index in [1.165, 1.54) is 0 Å². The van der Waals surface area contributed by atoms with Crippen molar-refractivity contribution in [3.63, 3.8) is 0 Å². The first-order chi connectivity index (χ1) is 7.77. The van der Waals surface area contributed by atoms with Crippen LogP contribution in [-0.2, 0) is 6.54 Å². The number of nitrogens with one attached hydrogen (secondary N) is 1. The second-order valence-corrected chi connectivity index (χ2v) is 4.46. The number of anilines is 1. The van der Waals surface area contributed by atoms with E-state index in [1.807, 2.05) is 17.5 Å². The van der Waals surface area contributed by atoms with Crippen LogP contribution in [0.15, 0.2) is 29.9 Å². The Morgan fingerprint density at radius 3 is 3.00 bits per heavy atom. The van der Waals surface area contributed by atoms with Crippen molar-refractivity contribution < 1.29 is 0 Å². The number of nitrogens with zero attached hydrogens (tertiary/aromatic N) is 2. The second kappa shape index (κ2) is 5.00. The number of pyridine rings is 1. The minimum absolute atomic E-state index is 0.342. The Balaban J connectivity index is 2.12. The van der Waals surface area contributed by atoms with Gasteiger partial charge in [-0.25, -0.2) is 9.97 Å². The zero-order chi connectivity index (χ0) is 11.4. The molecule has 82 valence electrons. The van der Waals surface area contributed by atoms with Crippen LogP contribution in [0.1, 0.15) is 10.6 Å². The van der Waals surface area contributed by atoms with Crippen LogP contribution < -0.4 is 11.1 Å². The summed E-state index contributed by atoms with van der Waals surface area (Å²) in [5.74, 6) is 0.699. The van der Waals surface area contributed by atoms with Gasteiger partial charge in [0.1, 0.15) is 15.8 Å². The molecule has 0 aliphatic rings. The fraction of sp³-hybridized carbons (Fsp3) is 0.100. The van der Waals surface area contributed by atoms with E-state index in [-0.39, 0.29) is 0 Å². The highest BCUT2D eigenvalue weighted by Gasteiger charge is 2.05. The first kappa shape index (κ1) is 11.0. The van der Waals surface area contributed by atoms with E-state index >= 15 is 0 Å². The Bertz CT molecular complexity index is 481. The molecule has 0 atom stereocenters. The average molecular weight is 250 g/mol. The van der Waals surface area contributed by atoms with E-state index in [2.05, 4.69) is 15.3 Å². The van der Waals surface area contributed by atoms with E-state index in [0.29, 0.717) is 17.4 Å². The molecule has 0 fully saturated rings. The molecular formula is C10H10N4S2. The third-order valence-corrected chi connectivity index (χ3v) is 2.96. The van der Waals surface area contributed by atoms with E-state index in [0.717, 1.165) is 10.6 Å². The molecule has 2 heterocycles. The molecule has 0 spiro atoms. The zero-order valence-corrected chi connectivity index (χ0v) is 10.0. The molecule has 0 saturated carbocycles. The summed E-state index contributed by atoms with van der Waals surface area (Å²) >= 11 is 6.54. The maximum absolute atomic E-state index is 5.60. The molecule has 2 aromatic heterocycles. The normalized spacial score (nSPS) is 10.0. The van der Waals surface area contributed by atoms with Crippen molar-refractivity contribution in [2.75, 3.05) is 5.32 Å². The largest absolute Gasteiger partial charge is 0.389 e. The predicted octanol–water partition coefficient (Wildman–Crippen LogP) is 1.78. The summed E-state index contributed by atoms with van der Waals surface area (Å²) in [6.45, 7) is 0.629. The van der Waals surface area contributed by atoms with Gasteiger partial charge in [-0.15, -0.1) is 11.3 Å². The second-order valence-electron chi connectivity index (χ2n) is 3.04. The first-order valence-corrected chi connectivity index (χ1v) is 5.93. The maximum atomic E-state index is 5.60. The van der Waals surface area contributed by atoms with E-state index in [4.69, 9.17) is 18.0 Å². The molecule has 4 nitrogen and oxygen atoms in total. The molecule has 2 aromatic rings. The number of nitrogens with two attached hydrogens (primary N) is 1. The molecule has 2 rings (SSSR count). The SMILES string of the molecule is NC(=S)c1cccnc1NCc1nccs1. The van der Waals surface area contributed by atoms with Gasteiger partial charge >= 0.3 is 0 Å². The van der Waals surface area contributed by atoms with Gasteiger partial charge in [-0.05, 0) is 12.1 Å². The lowest BCUT2D eigenvalue weighted by atomic mass is 10.2. The van der Waals surface area contributed by atoms with Gasteiger partial charge < -0.3 is 11.1 Å². The molecule has 0 aromatic carbocycles. The number of thiazole rings is 1. The quantitative estimate of drug-likeness (QED) is 0.810. The summed E-state index contributed by atoms with van der Waals surface area (Å²) in [7, 11) is 0. The van der Waals surface area contributed by atoms with Crippen LogP contribution in [0.4, 0.5) is 5.82 Å². The van der Waals surface area contributed by atoms with Crippen molar-refractivity contribution in [2.24, 2.45) is 5.73 Å². The number of aromatic nitrogens is 2. The minimum Gasteiger partial charge on any atom is -0.389 e. The average Bonchev–Trinajstić information content (AvgIpc) is 2.79. The van der Waals surface area contributed by atoms with E-state index < -0.39 is 0 Å². The van der Waals surface area contributed by atoms with Crippen molar-refractivity contribution in [3.8, 4) is 0 Å². The Morgan fingerprint density at radius 2 is 2.31 bits per heavy atom. The lowest BCUT2D eigenvalue weighted by molar-refractivity contribution is 1.08. The summed E-state index contributed by atoms with van der Waals surface area (Å²) < 4.78 is 0. The number of hydrogen-bond donors (Lipinski definition) is 2. The van der Waals surface area contributed by atoms with Crippen LogP contribution in [0, 0.1) is 0 Å². The Kier molecular flexibility index (Phi) is 3.43. The smallest absolute Gasteiger partial charge is 0.136 e. The van der Waals surface area contributed by atoms with Crippen LogP contribution in [0.25, 0.3) is 0 Å². The van der Waals surface area contributed by atoms with Crippen molar-refractivity contribution in [3.05, 3.63) is 40.5 Å². The first-order valence-electron chi connectivity index (χ1n) is 4.64. The number of rotatable bonds is 4. The van der Waals surface area contributed by atoms with Gasteiger partial charge in [0, 0.05) is 17.8 Å². The van der Waals surface area contributed by atoms with E-state index in [9.17, 15) is 0 Å². The monoisotopic (exact) mass is 250 g/mol. The van der Waals surface area contributed by atoms with Crippen LogP contribution in [-0.4, -0.2) is 15.0 Å². The molecular weight excluding hydrogens is 240 g/mol. The fourth-order valence-electron chi connectivity index (χ4n) is 1.24. The number of hydrogen-bond acceptors (Lipinski definition) is 5. The zero-order valence-electron chi connectivity index (χ0n) is 8.38. The molecule has 0 amide bonds. The van der Waals surface area contributed by atoms with Gasteiger partial charge in [-0.1, -0.05) is 12.2 Å². The highest BCUT2D eigenvalue weighted by Crippen LogP contribution is 2.13. The molecule has 3 N–H and O–H groups in total. The van der Waals surface area contributed by atoms with E-state index in [1.54, 1.807) is 23.7 Å². The standard InChI is InChI=1S/C10H10N4S2/c11-9(15)7-2-1-3-13-10(7)14-6-8-12-4-5-16-8/h1-5H,6H2,(H2,11,15)(H,13,14). The van der Waals surface area contributed by atoms with Gasteiger partial charge in [0.15, 0.2) is 0 Å². The Hall–Kier alpha value is -1.53. The summed E-state index contributed by atoms with van der Waals surface area (Å²) in [6.07, 6.45) is 3.47. The van der Waals surface area contributed by atoms with Crippen molar-refractivity contribution >= 4 is 34.4 Å². The summed E-state index contributed by atoms with van der Waals surface area (Å²) in [5, 5.41) is 6.10. The summed E-state index contributed by atoms with van der Waals surface area (Å²) in [5.41, 5.74) is 6.36.